The first-order valence-corrected chi connectivity index (χ1v) is 33.1. The molecule has 4 heteroatoms. The number of hydrogen-bond acceptors (Lipinski definition) is 2. The van der Waals surface area contributed by atoms with Gasteiger partial charge in [0.25, 0.3) is 0 Å². The van der Waals surface area contributed by atoms with Crippen LogP contribution >= 0.6 is 0 Å². The van der Waals surface area contributed by atoms with E-state index < -0.39 is 0 Å². The molecule has 4 nitrogen and oxygen atoms in total. The number of fused-ring (bicyclic) bond motifs is 12. The molecule has 0 unspecified atom stereocenters. The van der Waals surface area contributed by atoms with Crippen LogP contribution in [0.3, 0.4) is 0 Å². The lowest BCUT2D eigenvalue weighted by molar-refractivity contribution is 1.02. The SMILES string of the molecule is C1=CC(n2c3ccccc3c3cc(N(c4ccccc4)c4c5ccccc5c(-c5c6ccccc6c(-c6c7ccccc7c(N(c7ccccc7)c7ccc8c(c7)c7ccccc7n8C7=CCCC=C7)c7ccccc67)c6ccccc56)c5ccccc45)ccc32)=CCC1. The highest BCUT2D eigenvalue weighted by molar-refractivity contribution is 6.34. The van der Waals surface area contributed by atoms with Gasteiger partial charge in [-0.2, -0.15) is 0 Å². The average Bonchev–Trinajstić information content (AvgIpc) is 0.872. The summed E-state index contributed by atoms with van der Waals surface area (Å²) < 4.78 is 4.90. The summed E-state index contributed by atoms with van der Waals surface area (Å²) in [6.07, 6.45) is 18.2. The van der Waals surface area contributed by atoms with Crippen LogP contribution in [0.15, 0.2) is 328 Å². The van der Waals surface area contributed by atoms with Crippen molar-refractivity contribution in [1.29, 1.82) is 0 Å². The molecule has 0 amide bonds. The molecule has 94 heavy (non-hydrogen) atoms. The van der Waals surface area contributed by atoms with Crippen molar-refractivity contribution in [3.8, 4) is 22.3 Å². The largest absolute Gasteiger partial charge is 0.310 e. The Bertz CT molecular complexity index is 5570. The van der Waals surface area contributed by atoms with Gasteiger partial charge in [-0.15, -0.1) is 0 Å². The summed E-state index contributed by atoms with van der Waals surface area (Å²) in [6, 6.07) is 109. The van der Waals surface area contributed by atoms with E-state index in [0.29, 0.717) is 0 Å². The van der Waals surface area contributed by atoms with E-state index in [0.717, 1.165) is 59.8 Å². The van der Waals surface area contributed by atoms with Crippen LogP contribution in [0.2, 0.25) is 0 Å². The van der Waals surface area contributed by atoms with Crippen molar-refractivity contribution in [3.05, 3.63) is 328 Å². The van der Waals surface area contributed by atoms with E-state index in [2.05, 4.69) is 347 Å². The number of nitrogens with zero attached hydrogens (tertiary/aromatic N) is 4. The van der Waals surface area contributed by atoms with E-state index in [1.165, 1.54) is 142 Å². The average molecular weight is 1200 g/mol. The molecule has 15 aromatic carbocycles. The lowest BCUT2D eigenvalue weighted by Crippen LogP contribution is -2.11. The Balaban J connectivity index is 0.851. The van der Waals surface area contributed by atoms with Crippen LogP contribution in [0.4, 0.5) is 34.1 Å². The summed E-state index contributed by atoms with van der Waals surface area (Å²) in [6.45, 7) is 0. The summed E-state index contributed by atoms with van der Waals surface area (Å²) in [5.74, 6) is 0. The van der Waals surface area contributed by atoms with Gasteiger partial charge in [0.2, 0.25) is 0 Å². The second-order valence-corrected chi connectivity index (χ2v) is 25.1. The molecule has 0 N–H and O–H groups in total. The number of para-hydroxylation sites is 4. The van der Waals surface area contributed by atoms with Gasteiger partial charge in [0.1, 0.15) is 0 Å². The zero-order valence-corrected chi connectivity index (χ0v) is 51.8. The van der Waals surface area contributed by atoms with Gasteiger partial charge in [0, 0.05) is 77.2 Å². The van der Waals surface area contributed by atoms with Crippen LogP contribution in [0, 0.1) is 0 Å². The van der Waals surface area contributed by atoms with Crippen molar-refractivity contribution < 1.29 is 0 Å². The second-order valence-electron chi connectivity index (χ2n) is 25.1. The monoisotopic (exact) mass is 1200 g/mol. The molecule has 19 rings (SSSR count). The molecule has 2 aliphatic rings. The summed E-state index contributed by atoms with van der Waals surface area (Å²) in [5.41, 5.74) is 18.9. The fraction of sp³-hybridized carbons (Fsp3) is 0.0444. The lowest BCUT2D eigenvalue weighted by Gasteiger charge is -2.30. The van der Waals surface area contributed by atoms with E-state index in [-0.39, 0.29) is 0 Å². The van der Waals surface area contributed by atoms with E-state index in [9.17, 15) is 0 Å². The van der Waals surface area contributed by atoms with E-state index >= 15 is 0 Å². The Morgan fingerprint density at radius 2 is 0.479 bits per heavy atom. The van der Waals surface area contributed by atoms with Crippen molar-refractivity contribution in [1.82, 2.24) is 9.13 Å². The maximum Gasteiger partial charge on any atom is 0.0618 e. The molecule has 0 bridgehead atoms. The lowest BCUT2D eigenvalue weighted by atomic mass is 9.80. The number of benzene rings is 15. The molecule has 2 heterocycles. The summed E-state index contributed by atoms with van der Waals surface area (Å²) in [4.78, 5) is 5.03. The molecule has 0 saturated carbocycles. The van der Waals surface area contributed by atoms with Gasteiger partial charge in [-0.25, -0.2) is 0 Å². The zero-order valence-electron chi connectivity index (χ0n) is 51.8. The standard InChI is InChI=1S/C90H62N4/c1-5-29-59(30-6-1)91(63-53-55-83-79(57-63)65-37-25-27-51-81(65)93(83)61-33-9-3-10-34-61)89-75-47-21-17-43-71(75)87(72-44-18-22-48-76(72)89)85-67-39-13-15-41-69(67)86(70-42-16-14-40-68(70)85)88-73-45-19-23-49-77(73)90(78-50-24-20-46-74(78)88)92(60-31-7-2-8-32-60)64-54-56-84-80(58-64)66-38-26-28-52-82(66)94(84)62-35-11-4-12-36-62/h1-2,5-9,11,13-58H,3-4,10,12H2. The van der Waals surface area contributed by atoms with E-state index in [4.69, 9.17) is 0 Å². The predicted molar refractivity (Wildman–Crippen MR) is 403 cm³/mol. The minimum atomic E-state index is 1.03. The maximum absolute atomic E-state index is 2.52. The molecule has 442 valence electrons. The van der Waals surface area contributed by atoms with Crippen LogP contribution in [0.25, 0.3) is 142 Å². The van der Waals surface area contributed by atoms with Gasteiger partial charge in [-0.3, -0.25) is 0 Å². The summed E-state index contributed by atoms with van der Waals surface area (Å²) in [7, 11) is 0. The molecule has 0 spiro atoms. The normalized spacial score (nSPS) is 13.4. The van der Waals surface area contributed by atoms with Crippen molar-refractivity contribution in [2.75, 3.05) is 9.80 Å². The maximum atomic E-state index is 2.52. The van der Waals surface area contributed by atoms with Crippen molar-refractivity contribution >= 4 is 154 Å². The molecule has 2 aromatic heterocycles. The van der Waals surface area contributed by atoms with Crippen molar-refractivity contribution in [2.45, 2.75) is 25.7 Å². The third kappa shape index (κ3) is 8.26. The summed E-state index contributed by atoms with van der Waals surface area (Å²) >= 11 is 0. The predicted octanol–water partition coefficient (Wildman–Crippen LogP) is 25.5. The van der Waals surface area contributed by atoms with Gasteiger partial charge in [0.05, 0.1) is 33.4 Å². The molecular formula is C90H62N4. The topological polar surface area (TPSA) is 16.3 Å². The minimum Gasteiger partial charge on any atom is -0.310 e. The third-order valence-corrected chi connectivity index (χ3v) is 20.0. The molecule has 0 saturated heterocycles. The Hall–Kier alpha value is -12.0. The minimum absolute atomic E-state index is 1.03. The third-order valence-electron chi connectivity index (χ3n) is 20.0. The molecular weight excluding hydrogens is 1140 g/mol. The first kappa shape index (κ1) is 53.8. The highest BCUT2D eigenvalue weighted by Gasteiger charge is 2.29. The van der Waals surface area contributed by atoms with Gasteiger partial charge >= 0.3 is 0 Å². The fourth-order valence-electron chi connectivity index (χ4n) is 16.2. The van der Waals surface area contributed by atoms with E-state index in [1.807, 2.05) is 0 Å². The van der Waals surface area contributed by atoms with Crippen LogP contribution in [-0.2, 0) is 0 Å². The van der Waals surface area contributed by atoms with Crippen LogP contribution in [0.5, 0.6) is 0 Å². The van der Waals surface area contributed by atoms with Gasteiger partial charge in [0.15, 0.2) is 0 Å². The highest BCUT2D eigenvalue weighted by Crippen LogP contribution is 2.56. The van der Waals surface area contributed by atoms with E-state index in [1.54, 1.807) is 0 Å². The highest BCUT2D eigenvalue weighted by atomic mass is 15.2. The van der Waals surface area contributed by atoms with Crippen molar-refractivity contribution in [2.24, 2.45) is 0 Å². The Kier molecular flexibility index (Phi) is 12.5. The van der Waals surface area contributed by atoms with Gasteiger partial charge < -0.3 is 18.9 Å². The Morgan fingerprint density at radius 3 is 0.787 bits per heavy atom. The van der Waals surface area contributed by atoms with Gasteiger partial charge in [-0.1, -0.05) is 243 Å². The number of allylic oxidation sites excluding steroid dienone is 8. The Morgan fingerprint density at radius 1 is 0.213 bits per heavy atom. The number of hydrogen-bond donors (Lipinski definition) is 0. The number of aromatic nitrogens is 2. The zero-order chi connectivity index (χ0) is 61.8. The number of rotatable bonds is 10. The first-order valence-electron chi connectivity index (χ1n) is 33.1. The second kappa shape index (κ2) is 21.9. The quantitative estimate of drug-likeness (QED) is 0.127. The molecule has 0 atom stereocenters. The van der Waals surface area contributed by atoms with Crippen LogP contribution in [-0.4, -0.2) is 9.13 Å². The number of anilines is 6. The van der Waals surface area contributed by atoms with Gasteiger partial charge in [-0.05, 0) is 176 Å². The molecule has 2 aliphatic carbocycles. The molecule has 0 radical (unpaired) electrons. The molecule has 0 aliphatic heterocycles. The molecule has 17 aromatic rings. The Labute approximate surface area is 545 Å². The van der Waals surface area contributed by atoms with Crippen LogP contribution < -0.4 is 9.80 Å². The molecule has 0 fully saturated rings. The fourth-order valence-corrected chi connectivity index (χ4v) is 16.2. The smallest absolute Gasteiger partial charge is 0.0618 e. The first-order chi connectivity index (χ1) is 46.7. The van der Waals surface area contributed by atoms with Crippen LogP contribution in [0.1, 0.15) is 25.7 Å². The summed E-state index contributed by atoms with van der Waals surface area (Å²) in [5, 5.41) is 19.3. The van der Waals surface area contributed by atoms with Crippen molar-refractivity contribution in [3.63, 3.8) is 0 Å².